The van der Waals surface area contributed by atoms with Crippen molar-refractivity contribution in [3.63, 3.8) is 0 Å². The molecule has 1 aliphatic rings. The highest BCUT2D eigenvalue weighted by atomic mass is 16.5. The zero-order valence-electron chi connectivity index (χ0n) is 13.4. The molecule has 0 atom stereocenters. The molecule has 1 fully saturated rings. The fourth-order valence-corrected chi connectivity index (χ4v) is 2.83. The summed E-state index contributed by atoms with van der Waals surface area (Å²) in [7, 11) is 0. The Morgan fingerprint density at radius 1 is 1.33 bits per heavy atom. The van der Waals surface area contributed by atoms with Crippen LogP contribution in [0.1, 0.15) is 58.2 Å². The minimum atomic E-state index is -0.371. The van der Waals surface area contributed by atoms with Crippen LogP contribution in [0.2, 0.25) is 0 Å². The van der Waals surface area contributed by atoms with Crippen molar-refractivity contribution < 1.29 is 9.26 Å². The molecule has 21 heavy (non-hydrogen) atoms. The number of hydrogen-bond donors (Lipinski definition) is 1. The molecule has 0 aliphatic heterocycles. The first-order valence-corrected chi connectivity index (χ1v) is 7.80. The standard InChI is InChI=1S/C16H27N3O2/c1-5-11-17-12-13-18-14(19-21-13)16(20-6-2)9-7-15(3,4)8-10-16/h5,17H,1,6-12H2,2-4H3. The lowest BCUT2D eigenvalue weighted by atomic mass is 9.70. The molecule has 5 heteroatoms. The summed E-state index contributed by atoms with van der Waals surface area (Å²) in [6.07, 6.45) is 5.94. The van der Waals surface area contributed by atoms with E-state index in [1.807, 2.05) is 13.0 Å². The van der Waals surface area contributed by atoms with Gasteiger partial charge < -0.3 is 14.6 Å². The summed E-state index contributed by atoms with van der Waals surface area (Å²) in [4.78, 5) is 4.54. The first-order chi connectivity index (χ1) is 10.0. The summed E-state index contributed by atoms with van der Waals surface area (Å²) < 4.78 is 11.4. The number of ether oxygens (including phenoxy) is 1. The Morgan fingerprint density at radius 2 is 2.05 bits per heavy atom. The van der Waals surface area contributed by atoms with Gasteiger partial charge in [-0.05, 0) is 38.0 Å². The predicted molar refractivity (Wildman–Crippen MR) is 81.8 cm³/mol. The average molecular weight is 293 g/mol. The van der Waals surface area contributed by atoms with E-state index in [2.05, 4.69) is 35.9 Å². The maximum Gasteiger partial charge on any atom is 0.240 e. The van der Waals surface area contributed by atoms with Crippen molar-refractivity contribution in [2.75, 3.05) is 13.2 Å². The van der Waals surface area contributed by atoms with Gasteiger partial charge in [-0.15, -0.1) is 6.58 Å². The Bertz CT molecular complexity index is 458. The van der Waals surface area contributed by atoms with Crippen LogP contribution in [-0.4, -0.2) is 23.3 Å². The van der Waals surface area contributed by atoms with E-state index in [1.165, 1.54) is 0 Å². The number of hydrogen-bond acceptors (Lipinski definition) is 5. The minimum absolute atomic E-state index is 0.371. The molecule has 0 saturated heterocycles. The molecule has 1 aromatic heterocycles. The van der Waals surface area contributed by atoms with Crippen LogP contribution in [0.25, 0.3) is 0 Å². The monoisotopic (exact) mass is 293 g/mol. The van der Waals surface area contributed by atoms with E-state index in [4.69, 9.17) is 9.26 Å². The number of nitrogens with zero attached hydrogens (tertiary/aromatic N) is 2. The third-order valence-corrected chi connectivity index (χ3v) is 4.27. The molecular weight excluding hydrogens is 266 g/mol. The molecule has 1 N–H and O–H groups in total. The van der Waals surface area contributed by atoms with Gasteiger partial charge in [0, 0.05) is 13.2 Å². The van der Waals surface area contributed by atoms with Gasteiger partial charge in [0.1, 0.15) is 5.60 Å². The molecule has 1 saturated carbocycles. The van der Waals surface area contributed by atoms with Crippen molar-refractivity contribution in [3.8, 4) is 0 Å². The summed E-state index contributed by atoms with van der Waals surface area (Å²) in [6, 6.07) is 0. The predicted octanol–water partition coefficient (Wildman–Crippen LogP) is 3.18. The van der Waals surface area contributed by atoms with Gasteiger partial charge in [0.25, 0.3) is 0 Å². The van der Waals surface area contributed by atoms with Crippen molar-refractivity contribution in [3.05, 3.63) is 24.4 Å². The quantitative estimate of drug-likeness (QED) is 0.618. The number of aromatic nitrogens is 2. The maximum atomic E-state index is 6.07. The maximum absolute atomic E-state index is 6.07. The van der Waals surface area contributed by atoms with E-state index in [-0.39, 0.29) is 5.60 Å². The van der Waals surface area contributed by atoms with Gasteiger partial charge in [-0.3, -0.25) is 0 Å². The van der Waals surface area contributed by atoms with Crippen molar-refractivity contribution in [2.45, 2.75) is 58.6 Å². The molecular formula is C16H27N3O2. The summed E-state index contributed by atoms with van der Waals surface area (Å²) >= 11 is 0. The van der Waals surface area contributed by atoms with Gasteiger partial charge in [0.15, 0.2) is 0 Å². The van der Waals surface area contributed by atoms with Gasteiger partial charge in [0.2, 0.25) is 11.7 Å². The molecule has 0 unspecified atom stereocenters. The van der Waals surface area contributed by atoms with Crippen LogP contribution < -0.4 is 5.32 Å². The molecule has 5 nitrogen and oxygen atoms in total. The lowest BCUT2D eigenvalue weighted by molar-refractivity contribution is -0.0957. The van der Waals surface area contributed by atoms with Crippen molar-refractivity contribution >= 4 is 0 Å². The van der Waals surface area contributed by atoms with Gasteiger partial charge in [-0.1, -0.05) is 25.1 Å². The van der Waals surface area contributed by atoms with Gasteiger partial charge in [-0.25, -0.2) is 0 Å². The largest absolute Gasteiger partial charge is 0.367 e. The van der Waals surface area contributed by atoms with E-state index < -0.39 is 0 Å². The Balaban J connectivity index is 2.09. The molecule has 1 aliphatic carbocycles. The van der Waals surface area contributed by atoms with E-state index in [0.29, 0.717) is 30.3 Å². The van der Waals surface area contributed by atoms with E-state index in [1.54, 1.807) is 0 Å². The van der Waals surface area contributed by atoms with Crippen LogP contribution >= 0.6 is 0 Å². The molecule has 1 heterocycles. The highest BCUT2D eigenvalue weighted by molar-refractivity contribution is 5.05. The van der Waals surface area contributed by atoms with Crippen molar-refractivity contribution in [2.24, 2.45) is 5.41 Å². The second kappa shape index (κ2) is 6.71. The molecule has 1 aromatic rings. The fraction of sp³-hybridized carbons (Fsp3) is 0.750. The van der Waals surface area contributed by atoms with E-state index in [0.717, 1.165) is 32.2 Å². The molecule has 0 aromatic carbocycles. The lowest BCUT2D eigenvalue weighted by Gasteiger charge is -2.41. The Morgan fingerprint density at radius 3 is 2.67 bits per heavy atom. The highest BCUT2D eigenvalue weighted by Gasteiger charge is 2.43. The van der Waals surface area contributed by atoms with Crippen LogP contribution in [0.3, 0.4) is 0 Å². The molecule has 2 rings (SSSR count). The second-order valence-corrected chi connectivity index (χ2v) is 6.52. The summed E-state index contributed by atoms with van der Waals surface area (Å²) in [5.41, 5.74) is 0.00312. The zero-order chi connectivity index (χ0) is 15.3. The molecule has 0 spiro atoms. The SMILES string of the molecule is C=CCNCc1nc(C2(OCC)CCC(C)(C)CC2)no1. The molecule has 0 bridgehead atoms. The summed E-state index contributed by atoms with van der Waals surface area (Å²) in [6.45, 7) is 12.3. The minimum Gasteiger partial charge on any atom is -0.367 e. The number of rotatable bonds is 7. The van der Waals surface area contributed by atoms with Crippen LogP contribution in [-0.2, 0) is 16.9 Å². The highest BCUT2D eigenvalue weighted by Crippen LogP contribution is 2.46. The molecule has 118 valence electrons. The first kappa shape index (κ1) is 16.2. The second-order valence-electron chi connectivity index (χ2n) is 6.52. The summed E-state index contributed by atoms with van der Waals surface area (Å²) in [5, 5.41) is 7.35. The molecule has 0 amide bonds. The normalized spacial score (nSPS) is 20.3. The first-order valence-electron chi connectivity index (χ1n) is 7.80. The third-order valence-electron chi connectivity index (χ3n) is 4.27. The smallest absolute Gasteiger partial charge is 0.240 e. The van der Waals surface area contributed by atoms with E-state index >= 15 is 0 Å². The zero-order valence-corrected chi connectivity index (χ0v) is 13.4. The third kappa shape index (κ3) is 3.92. The lowest BCUT2D eigenvalue weighted by Crippen LogP contribution is -2.38. The fourth-order valence-electron chi connectivity index (χ4n) is 2.83. The molecule has 0 radical (unpaired) electrons. The topological polar surface area (TPSA) is 60.2 Å². The van der Waals surface area contributed by atoms with Crippen LogP contribution in [0, 0.1) is 5.41 Å². The van der Waals surface area contributed by atoms with Gasteiger partial charge >= 0.3 is 0 Å². The van der Waals surface area contributed by atoms with Gasteiger partial charge in [0.05, 0.1) is 6.54 Å². The van der Waals surface area contributed by atoms with Crippen LogP contribution in [0.4, 0.5) is 0 Å². The Labute approximate surface area is 127 Å². The summed E-state index contributed by atoms with van der Waals surface area (Å²) in [5.74, 6) is 1.31. The Hall–Kier alpha value is -1.20. The van der Waals surface area contributed by atoms with E-state index in [9.17, 15) is 0 Å². The van der Waals surface area contributed by atoms with Crippen molar-refractivity contribution in [1.29, 1.82) is 0 Å². The number of nitrogens with one attached hydrogen (secondary N) is 1. The Kier molecular flexibility index (Phi) is 5.17. The van der Waals surface area contributed by atoms with Crippen molar-refractivity contribution in [1.82, 2.24) is 15.5 Å². The van der Waals surface area contributed by atoms with Crippen LogP contribution in [0.15, 0.2) is 17.2 Å². The van der Waals surface area contributed by atoms with Crippen LogP contribution in [0.5, 0.6) is 0 Å². The van der Waals surface area contributed by atoms with Gasteiger partial charge in [-0.2, -0.15) is 4.98 Å². The average Bonchev–Trinajstić information content (AvgIpc) is 2.91.